The Morgan fingerprint density at radius 1 is 1.37 bits per heavy atom. The summed E-state index contributed by atoms with van der Waals surface area (Å²) in [5, 5.41) is 2.91. The molecular formula is C16H23NO2. The number of methoxy groups -OCH3 is 1. The molecule has 3 heteroatoms. The second kappa shape index (κ2) is 6.71. The molecule has 0 bridgehead atoms. The van der Waals surface area contributed by atoms with Crippen molar-refractivity contribution in [2.45, 2.75) is 32.1 Å². The predicted molar refractivity (Wildman–Crippen MR) is 76.1 cm³/mol. The highest BCUT2D eigenvalue weighted by atomic mass is 16.5. The molecular weight excluding hydrogens is 238 g/mol. The van der Waals surface area contributed by atoms with E-state index in [1.54, 1.807) is 7.11 Å². The van der Waals surface area contributed by atoms with E-state index in [9.17, 15) is 4.79 Å². The molecule has 0 saturated heterocycles. The Bertz CT molecular complexity index is 409. The smallest absolute Gasteiger partial charge is 0.220 e. The zero-order valence-corrected chi connectivity index (χ0v) is 11.8. The average molecular weight is 261 g/mol. The average Bonchev–Trinajstić information content (AvgIpc) is 3.22. The molecule has 1 aromatic rings. The Hall–Kier alpha value is -1.35. The molecule has 19 heavy (non-hydrogen) atoms. The van der Waals surface area contributed by atoms with Crippen LogP contribution in [0.1, 0.15) is 36.3 Å². The second-order valence-electron chi connectivity index (χ2n) is 5.40. The molecule has 1 amide bonds. The third-order valence-electron chi connectivity index (χ3n) is 3.73. The van der Waals surface area contributed by atoms with Gasteiger partial charge in [0.25, 0.3) is 0 Å². The number of carbonyl (C=O) groups excluding carboxylic acids is 1. The molecule has 2 rings (SSSR count). The first-order valence-electron chi connectivity index (χ1n) is 7.03. The number of ether oxygens (including phenoxy) is 1. The highest BCUT2D eigenvalue weighted by Gasteiger charge is 2.33. The van der Waals surface area contributed by atoms with Crippen LogP contribution in [-0.4, -0.2) is 26.2 Å². The van der Waals surface area contributed by atoms with Gasteiger partial charge in [0.1, 0.15) is 0 Å². The van der Waals surface area contributed by atoms with Crippen LogP contribution in [0.15, 0.2) is 24.3 Å². The van der Waals surface area contributed by atoms with Crippen molar-refractivity contribution < 1.29 is 9.53 Å². The lowest BCUT2D eigenvalue weighted by Gasteiger charge is -2.16. The number of rotatable bonds is 7. The summed E-state index contributed by atoms with van der Waals surface area (Å²) < 4.78 is 4.94. The molecule has 0 spiro atoms. The number of benzene rings is 1. The van der Waals surface area contributed by atoms with Gasteiger partial charge >= 0.3 is 0 Å². The summed E-state index contributed by atoms with van der Waals surface area (Å²) in [6.45, 7) is 3.26. The van der Waals surface area contributed by atoms with Crippen molar-refractivity contribution >= 4 is 5.91 Å². The van der Waals surface area contributed by atoms with Gasteiger partial charge in [-0.3, -0.25) is 4.79 Å². The highest BCUT2D eigenvalue weighted by molar-refractivity contribution is 5.77. The molecule has 0 aliphatic heterocycles. The maximum Gasteiger partial charge on any atom is 0.220 e. The van der Waals surface area contributed by atoms with E-state index in [0.717, 1.165) is 0 Å². The largest absolute Gasteiger partial charge is 0.383 e. The molecule has 1 fully saturated rings. The van der Waals surface area contributed by atoms with Gasteiger partial charge in [-0.15, -0.1) is 0 Å². The maximum absolute atomic E-state index is 11.9. The number of carbonyl (C=O) groups is 1. The summed E-state index contributed by atoms with van der Waals surface area (Å²) in [5.74, 6) is 1.20. The first kappa shape index (κ1) is 14.1. The first-order valence-corrected chi connectivity index (χ1v) is 7.03. The summed E-state index contributed by atoms with van der Waals surface area (Å²) in [4.78, 5) is 11.9. The van der Waals surface area contributed by atoms with Crippen molar-refractivity contribution in [3.05, 3.63) is 35.4 Å². The van der Waals surface area contributed by atoms with Gasteiger partial charge in [-0.25, -0.2) is 0 Å². The zero-order chi connectivity index (χ0) is 13.7. The van der Waals surface area contributed by atoms with Crippen LogP contribution in [0.25, 0.3) is 0 Å². The number of hydrogen-bond donors (Lipinski definition) is 1. The molecule has 104 valence electrons. The Morgan fingerprint density at radius 3 is 2.63 bits per heavy atom. The van der Waals surface area contributed by atoms with Crippen molar-refractivity contribution in [2.75, 3.05) is 20.3 Å². The maximum atomic E-state index is 11.9. The van der Waals surface area contributed by atoms with E-state index in [-0.39, 0.29) is 5.91 Å². The minimum Gasteiger partial charge on any atom is -0.383 e. The second-order valence-corrected chi connectivity index (χ2v) is 5.40. The minimum absolute atomic E-state index is 0.134. The lowest BCUT2D eigenvalue weighted by atomic mass is 9.90. The van der Waals surface area contributed by atoms with Gasteiger partial charge in [-0.1, -0.05) is 29.8 Å². The Labute approximate surface area is 115 Å². The Morgan fingerprint density at radius 2 is 2.05 bits per heavy atom. The standard InChI is InChI=1S/C16H23NO2/c1-12-3-5-13(6-4-12)15(14-7-8-14)11-16(18)17-9-10-19-2/h3-6,14-15H,7-11H2,1-2H3,(H,17,18). The van der Waals surface area contributed by atoms with E-state index in [1.165, 1.54) is 24.0 Å². The Kier molecular flexibility index (Phi) is 4.97. The van der Waals surface area contributed by atoms with Crippen molar-refractivity contribution in [3.8, 4) is 0 Å². The van der Waals surface area contributed by atoms with E-state index < -0.39 is 0 Å². The van der Waals surface area contributed by atoms with E-state index in [4.69, 9.17) is 4.74 Å². The SMILES string of the molecule is COCCNC(=O)CC(c1ccc(C)cc1)C1CC1. The lowest BCUT2D eigenvalue weighted by molar-refractivity contribution is -0.121. The van der Waals surface area contributed by atoms with E-state index in [2.05, 4.69) is 36.5 Å². The third-order valence-corrected chi connectivity index (χ3v) is 3.73. The predicted octanol–water partition coefficient (Wildman–Crippen LogP) is 2.64. The molecule has 3 nitrogen and oxygen atoms in total. The van der Waals surface area contributed by atoms with Gasteiger partial charge in [0, 0.05) is 20.1 Å². The molecule has 1 unspecified atom stereocenters. The fourth-order valence-electron chi connectivity index (χ4n) is 2.43. The summed E-state index contributed by atoms with van der Waals surface area (Å²) in [5.41, 5.74) is 2.57. The summed E-state index contributed by atoms with van der Waals surface area (Å²) in [7, 11) is 1.64. The first-order chi connectivity index (χ1) is 9.20. The van der Waals surface area contributed by atoms with Crippen molar-refractivity contribution in [3.63, 3.8) is 0 Å². The highest BCUT2D eigenvalue weighted by Crippen LogP contribution is 2.44. The van der Waals surface area contributed by atoms with Gasteiger partial charge in [-0.05, 0) is 37.2 Å². The zero-order valence-electron chi connectivity index (χ0n) is 11.8. The topological polar surface area (TPSA) is 38.3 Å². The van der Waals surface area contributed by atoms with Crippen molar-refractivity contribution in [2.24, 2.45) is 5.92 Å². The van der Waals surface area contributed by atoms with Crippen LogP contribution in [0, 0.1) is 12.8 Å². The van der Waals surface area contributed by atoms with Crippen LogP contribution in [-0.2, 0) is 9.53 Å². The lowest BCUT2D eigenvalue weighted by Crippen LogP contribution is -2.28. The quantitative estimate of drug-likeness (QED) is 0.766. The third kappa shape index (κ3) is 4.35. The molecule has 1 saturated carbocycles. The molecule has 1 aliphatic rings. The minimum atomic E-state index is 0.134. The van der Waals surface area contributed by atoms with Crippen LogP contribution in [0.3, 0.4) is 0 Å². The van der Waals surface area contributed by atoms with E-state index in [0.29, 0.717) is 31.4 Å². The van der Waals surface area contributed by atoms with Gasteiger partial charge in [0.15, 0.2) is 0 Å². The number of aryl methyl sites for hydroxylation is 1. The molecule has 1 N–H and O–H groups in total. The molecule has 1 aliphatic carbocycles. The Balaban J connectivity index is 1.93. The van der Waals surface area contributed by atoms with Gasteiger partial charge < -0.3 is 10.1 Å². The summed E-state index contributed by atoms with van der Waals surface area (Å²) >= 11 is 0. The fraction of sp³-hybridized carbons (Fsp3) is 0.562. The normalized spacial score (nSPS) is 16.1. The summed E-state index contributed by atoms with van der Waals surface area (Å²) in [6, 6.07) is 8.60. The van der Waals surface area contributed by atoms with Crippen LogP contribution < -0.4 is 5.32 Å². The molecule has 1 aromatic carbocycles. The van der Waals surface area contributed by atoms with Crippen LogP contribution in [0.5, 0.6) is 0 Å². The monoisotopic (exact) mass is 261 g/mol. The molecule has 0 aromatic heterocycles. The van der Waals surface area contributed by atoms with E-state index >= 15 is 0 Å². The van der Waals surface area contributed by atoms with Gasteiger partial charge in [0.05, 0.1) is 6.61 Å². The molecule has 0 heterocycles. The molecule has 1 atom stereocenters. The fourth-order valence-corrected chi connectivity index (χ4v) is 2.43. The summed E-state index contributed by atoms with van der Waals surface area (Å²) in [6.07, 6.45) is 3.10. The van der Waals surface area contributed by atoms with Crippen LogP contribution >= 0.6 is 0 Å². The van der Waals surface area contributed by atoms with Crippen LogP contribution in [0.4, 0.5) is 0 Å². The van der Waals surface area contributed by atoms with E-state index in [1.807, 2.05) is 0 Å². The van der Waals surface area contributed by atoms with Gasteiger partial charge in [-0.2, -0.15) is 0 Å². The number of hydrogen-bond acceptors (Lipinski definition) is 2. The van der Waals surface area contributed by atoms with Crippen molar-refractivity contribution in [1.29, 1.82) is 0 Å². The van der Waals surface area contributed by atoms with Crippen LogP contribution in [0.2, 0.25) is 0 Å². The van der Waals surface area contributed by atoms with Crippen molar-refractivity contribution in [1.82, 2.24) is 5.32 Å². The molecule has 0 radical (unpaired) electrons. The van der Waals surface area contributed by atoms with Gasteiger partial charge in [0.2, 0.25) is 5.91 Å². The number of amides is 1. The number of nitrogens with one attached hydrogen (secondary N) is 1.